The van der Waals surface area contributed by atoms with Crippen molar-refractivity contribution in [3.05, 3.63) is 26.4 Å². The number of rotatable bonds is 5. The largest absolute Gasteiger partial charge is 0.314 e. The van der Waals surface area contributed by atoms with Gasteiger partial charge < -0.3 is 5.32 Å². The van der Waals surface area contributed by atoms with Crippen LogP contribution in [0.15, 0.2) is 17.3 Å². The van der Waals surface area contributed by atoms with E-state index in [0.717, 1.165) is 19.1 Å². The van der Waals surface area contributed by atoms with E-state index in [1.54, 1.807) is 17.1 Å². The first-order chi connectivity index (χ1) is 7.66. The van der Waals surface area contributed by atoms with Crippen LogP contribution in [-0.4, -0.2) is 22.1 Å². The molecule has 16 heavy (non-hydrogen) atoms. The van der Waals surface area contributed by atoms with Gasteiger partial charge in [0, 0.05) is 18.8 Å². The van der Waals surface area contributed by atoms with E-state index >= 15 is 0 Å². The maximum atomic E-state index is 11.7. The highest BCUT2D eigenvalue weighted by molar-refractivity contribution is 14.1. The molecule has 1 unspecified atom stereocenters. The summed E-state index contributed by atoms with van der Waals surface area (Å²) in [5, 5.41) is 3.47. The Balaban J connectivity index is 1.91. The molecule has 2 rings (SSSR count). The Morgan fingerprint density at radius 1 is 1.69 bits per heavy atom. The average molecular weight is 333 g/mol. The quantitative estimate of drug-likeness (QED) is 0.825. The molecule has 0 radical (unpaired) electrons. The molecule has 0 amide bonds. The third kappa shape index (κ3) is 3.28. The lowest BCUT2D eigenvalue weighted by Gasteiger charge is -2.13. The number of nitrogens with one attached hydrogen (secondary N) is 1. The van der Waals surface area contributed by atoms with Crippen molar-refractivity contribution in [2.24, 2.45) is 5.92 Å². The van der Waals surface area contributed by atoms with Crippen molar-refractivity contribution in [3.8, 4) is 0 Å². The Morgan fingerprint density at radius 3 is 3.12 bits per heavy atom. The van der Waals surface area contributed by atoms with Crippen molar-refractivity contribution in [2.45, 2.75) is 32.4 Å². The predicted molar refractivity (Wildman–Crippen MR) is 71.4 cm³/mol. The molecule has 88 valence electrons. The van der Waals surface area contributed by atoms with E-state index in [9.17, 15) is 4.79 Å². The van der Waals surface area contributed by atoms with Crippen molar-refractivity contribution in [1.29, 1.82) is 0 Å². The molecule has 1 atom stereocenters. The Labute approximate surface area is 109 Å². The second-order valence-electron chi connectivity index (χ2n) is 4.49. The van der Waals surface area contributed by atoms with Gasteiger partial charge in [-0.05, 0) is 47.9 Å². The first-order valence-electron chi connectivity index (χ1n) is 5.60. The van der Waals surface area contributed by atoms with Gasteiger partial charge in [-0.2, -0.15) is 0 Å². The molecule has 1 fully saturated rings. The van der Waals surface area contributed by atoms with E-state index in [1.165, 1.54) is 12.8 Å². The van der Waals surface area contributed by atoms with E-state index in [-0.39, 0.29) is 5.56 Å². The standard InChI is InChI=1S/C11H16IN3O/c1-8(4-14-9-2-3-9)6-15-7-13-5-10(12)11(15)16/h5,7-9,14H,2-4,6H2,1H3. The van der Waals surface area contributed by atoms with Gasteiger partial charge in [-0.1, -0.05) is 6.92 Å². The number of hydrogen-bond donors (Lipinski definition) is 1. The molecule has 0 spiro atoms. The fraction of sp³-hybridized carbons (Fsp3) is 0.636. The molecule has 0 aromatic carbocycles. The summed E-state index contributed by atoms with van der Waals surface area (Å²) in [7, 11) is 0. The summed E-state index contributed by atoms with van der Waals surface area (Å²) < 4.78 is 2.38. The molecule has 5 heteroatoms. The number of aromatic nitrogens is 2. The molecule has 0 bridgehead atoms. The summed E-state index contributed by atoms with van der Waals surface area (Å²) in [5.41, 5.74) is 0.0638. The lowest BCUT2D eigenvalue weighted by atomic mass is 10.2. The smallest absolute Gasteiger partial charge is 0.266 e. The van der Waals surface area contributed by atoms with Gasteiger partial charge in [0.2, 0.25) is 0 Å². The lowest BCUT2D eigenvalue weighted by Crippen LogP contribution is -2.30. The SMILES string of the molecule is CC(CNC1CC1)Cn1cncc(I)c1=O. The van der Waals surface area contributed by atoms with Gasteiger partial charge in [-0.25, -0.2) is 4.98 Å². The monoisotopic (exact) mass is 333 g/mol. The number of halogens is 1. The highest BCUT2D eigenvalue weighted by Gasteiger charge is 2.20. The first kappa shape index (κ1) is 12.0. The molecule has 0 saturated heterocycles. The topological polar surface area (TPSA) is 46.9 Å². The zero-order valence-corrected chi connectivity index (χ0v) is 11.5. The summed E-state index contributed by atoms with van der Waals surface area (Å²) in [6.07, 6.45) is 5.83. The summed E-state index contributed by atoms with van der Waals surface area (Å²) in [6, 6.07) is 0.730. The van der Waals surface area contributed by atoms with Gasteiger partial charge in [0.15, 0.2) is 0 Å². The minimum absolute atomic E-state index is 0.0638. The molecule has 1 aromatic heterocycles. The van der Waals surface area contributed by atoms with Crippen LogP contribution < -0.4 is 10.9 Å². The summed E-state index contributed by atoms with van der Waals surface area (Å²) in [6.45, 7) is 3.87. The summed E-state index contributed by atoms with van der Waals surface area (Å²) in [5.74, 6) is 0.457. The van der Waals surface area contributed by atoms with E-state index in [1.807, 2.05) is 22.6 Å². The molecule has 0 aliphatic heterocycles. The fourth-order valence-electron chi connectivity index (χ4n) is 1.61. The Bertz CT molecular complexity index is 414. The molecular formula is C11H16IN3O. The molecule has 4 nitrogen and oxygen atoms in total. The van der Waals surface area contributed by atoms with Crippen LogP contribution in [0, 0.1) is 9.49 Å². The van der Waals surface area contributed by atoms with Gasteiger partial charge >= 0.3 is 0 Å². The second-order valence-corrected chi connectivity index (χ2v) is 5.65. The van der Waals surface area contributed by atoms with Crippen molar-refractivity contribution in [3.63, 3.8) is 0 Å². The summed E-state index contributed by atoms with van der Waals surface area (Å²) >= 11 is 2.03. The second kappa shape index (κ2) is 5.27. The minimum Gasteiger partial charge on any atom is -0.314 e. The Kier molecular flexibility index (Phi) is 3.96. The molecule has 1 heterocycles. The molecule has 1 aliphatic rings. The third-order valence-electron chi connectivity index (χ3n) is 2.70. The maximum Gasteiger partial charge on any atom is 0.266 e. The number of hydrogen-bond acceptors (Lipinski definition) is 3. The zero-order chi connectivity index (χ0) is 11.5. The molecular weight excluding hydrogens is 317 g/mol. The van der Waals surface area contributed by atoms with Gasteiger partial charge in [-0.15, -0.1) is 0 Å². The Hall–Kier alpha value is -0.430. The average Bonchev–Trinajstić information content (AvgIpc) is 3.06. The number of nitrogens with zero attached hydrogens (tertiary/aromatic N) is 2. The zero-order valence-electron chi connectivity index (χ0n) is 9.32. The molecule has 1 aliphatic carbocycles. The van der Waals surface area contributed by atoms with Crippen molar-refractivity contribution in [1.82, 2.24) is 14.9 Å². The highest BCUT2D eigenvalue weighted by atomic mass is 127. The van der Waals surface area contributed by atoms with Gasteiger partial charge in [-0.3, -0.25) is 9.36 Å². The van der Waals surface area contributed by atoms with Gasteiger partial charge in [0.05, 0.1) is 9.90 Å². The summed E-state index contributed by atoms with van der Waals surface area (Å²) in [4.78, 5) is 15.8. The van der Waals surface area contributed by atoms with Crippen molar-refractivity contribution < 1.29 is 0 Å². The van der Waals surface area contributed by atoms with Crippen LogP contribution in [0.25, 0.3) is 0 Å². The molecule has 1 N–H and O–H groups in total. The van der Waals surface area contributed by atoms with Gasteiger partial charge in [0.1, 0.15) is 0 Å². The van der Waals surface area contributed by atoms with Crippen LogP contribution in [0.1, 0.15) is 19.8 Å². The van der Waals surface area contributed by atoms with E-state index < -0.39 is 0 Å². The van der Waals surface area contributed by atoms with Crippen LogP contribution in [-0.2, 0) is 6.54 Å². The first-order valence-corrected chi connectivity index (χ1v) is 6.68. The predicted octanol–water partition coefficient (Wildman–Crippen LogP) is 1.24. The van der Waals surface area contributed by atoms with Gasteiger partial charge in [0.25, 0.3) is 5.56 Å². The van der Waals surface area contributed by atoms with E-state index in [0.29, 0.717) is 9.49 Å². The fourth-order valence-corrected chi connectivity index (χ4v) is 2.08. The minimum atomic E-state index is 0.0638. The van der Waals surface area contributed by atoms with Crippen LogP contribution >= 0.6 is 22.6 Å². The van der Waals surface area contributed by atoms with Crippen molar-refractivity contribution >= 4 is 22.6 Å². The highest BCUT2D eigenvalue weighted by Crippen LogP contribution is 2.18. The van der Waals surface area contributed by atoms with Crippen LogP contribution in [0.5, 0.6) is 0 Å². The van der Waals surface area contributed by atoms with Crippen LogP contribution in [0.3, 0.4) is 0 Å². The molecule has 1 aromatic rings. The Morgan fingerprint density at radius 2 is 2.44 bits per heavy atom. The van der Waals surface area contributed by atoms with E-state index in [4.69, 9.17) is 0 Å². The maximum absolute atomic E-state index is 11.7. The lowest BCUT2D eigenvalue weighted by molar-refractivity contribution is 0.434. The molecule has 1 saturated carbocycles. The third-order valence-corrected chi connectivity index (χ3v) is 3.44. The van der Waals surface area contributed by atoms with Crippen LogP contribution in [0.4, 0.5) is 0 Å². The van der Waals surface area contributed by atoms with Crippen LogP contribution in [0.2, 0.25) is 0 Å². The normalized spacial score (nSPS) is 17.4. The van der Waals surface area contributed by atoms with Crippen molar-refractivity contribution in [2.75, 3.05) is 6.54 Å². The van der Waals surface area contributed by atoms with E-state index in [2.05, 4.69) is 17.2 Å².